The lowest BCUT2D eigenvalue weighted by atomic mass is 10.3. The number of nitrogens with one attached hydrogen (secondary N) is 2. The molecular formula is C31H30N12O4. The fourth-order valence-electron chi connectivity index (χ4n) is 4.34. The maximum atomic E-state index is 12.8. The lowest BCUT2D eigenvalue weighted by Crippen LogP contribution is -2.18. The maximum Gasteiger partial charge on any atom is 0.263 e. The Morgan fingerprint density at radius 2 is 1.30 bits per heavy atom. The van der Waals surface area contributed by atoms with Crippen molar-refractivity contribution < 1.29 is 19.1 Å². The molecule has 0 aliphatic heterocycles. The van der Waals surface area contributed by atoms with Crippen LogP contribution in [0.2, 0.25) is 0 Å². The smallest absolute Gasteiger partial charge is 0.263 e. The number of carbonyl (C=O) groups is 2. The van der Waals surface area contributed by atoms with E-state index >= 15 is 0 Å². The largest absolute Gasteiger partial charge is 0.474 e. The van der Waals surface area contributed by atoms with Crippen molar-refractivity contribution in [3.05, 3.63) is 97.4 Å². The number of imidazole rings is 2. The highest BCUT2D eigenvalue weighted by atomic mass is 16.5. The summed E-state index contributed by atoms with van der Waals surface area (Å²) in [5, 5.41) is 9.69. The zero-order valence-corrected chi connectivity index (χ0v) is 25.8. The number of amides is 2. The van der Waals surface area contributed by atoms with E-state index in [-0.39, 0.29) is 35.8 Å². The summed E-state index contributed by atoms with van der Waals surface area (Å²) in [5.74, 6) is 1.19. The fourth-order valence-corrected chi connectivity index (χ4v) is 4.34. The van der Waals surface area contributed by atoms with Crippen molar-refractivity contribution in [2.24, 2.45) is 0 Å². The van der Waals surface area contributed by atoms with Crippen LogP contribution < -0.4 is 20.1 Å². The highest BCUT2D eigenvalue weighted by Crippen LogP contribution is 2.22. The highest BCUT2D eigenvalue weighted by Gasteiger charge is 2.20. The van der Waals surface area contributed by atoms with Gasteiger partial charge in [0.05, 0.1) is 18.4 Å². The number of rotatable bonds is 8. The molecule has 0 aliphatic carbocycles. The summed E-state index contributed by atoms with van der Waals surface area (Å²) in [4.78, 5) is 50.4. The zero-order valence-electron chi connectivity index (χ0n) is 25.8. The van der Waals surface area contributed by atoms with Gasteiger partial charge in [0.25, 0.3) is 11.8 Å². The van der Waals surface area contributed by atoms with Crippen molar-refractivity contribution in [1.29, 1.82) is 0 Å². The summed E-state index contributed by atoms with van der Waals surface area (Å²) in [7, 11) is 0. The first kappa shape index (κ1) is 30.6. The Hall–Kier alpha value is -6.45. The second kappa shape index (κ2) is 13.3. The highest BCUT2D eigenvalue weighted by molar-refractivity contribution is 6.07. The van der Waals surface area contributed by atoms with Crippen LogP contribution in [0.25, 0.3) is 17.2 Å². The molecule has 7 aromatic rings. The first-order valence-corrected chi connectivity index (χ1v) is 14.6. The van der Waals surface area contributed by atoms with Crippen LogP contribution in [0.3, 0.4) is 0 Å². The molecule has 2 amide bonds. The molecule has 0 saturated heterocycles. The normalized spacial score (nSPS) is 11.1. The quantitative estimate of drug-likeness (QED) is 0.247. The Morgan fingerprint density at radius 3 is 1.87 bits per heavy atom. The number of hydrogen-bond donors (Lipinski definition) is 2. The molecule has 7 aromatic heterocycles. The summed E-state index contributed by atoms with van der Waals surface area (Å²) in [6, 6.07) is 7.05. The lowest BCUT2D eigenvalue weighted by molar-refractivity contribution is 0.101. The van der Waals surface area contributed by atoms with Crippen molar-refractivity contribution in [3.63, 3.8) is 0 Å². The van der Waals surface area contributed by atoms with Gasteiger partial charge < -0.3 is 20.1 Å². The number of pyridine rings is 1. The van der Waals surface area contributed by atoms with Crippen molar-refractivity contribution in [2.75, 3.05) is 10.6 Å². The van der Waals surface area contributed by atoms with Gasteiger partial charge in [-0.3, -0.25) is 18.4 Å². The van der Waals surface area contributed by atoms with E-state index in [4.69, 9.17) is 9.47 Å². The number of aromatic nitrogens is 10. The molecule has 0 spiro atoms. The summed E-state index contributed by atoms with van der Waals surface area (Å²) < 4.78 is 16.2. The van der Waals surface area contributed by atoms with E-state index in [1.54, 1.807) is 99.6 Å². The molecule has 7 heterocycles. The van der Waals surface area contributed by atoms with Gasteiger partial charge in [0.2, 0.25) is 23.3 Å². The lowest BCUT2D eigenvalue weighted by Gasteiger charge is -2.13. The molecule has 0 aromatic carbocycles. The summed E-state index contributed by atoms with van der Waals surface area (Å²) in [6.07, 6.45) is 16.3. The van der Waals surface area contributed by atoms with Gasteiger partial charge in [-0.2, -0.15) is 15.1 Å². The van der Waals surface area contributed by atoms with Gasteiger partial charge in [-0.1, -0.05) is 6.07 Å². The predicted molar refractivity (Wildman–Crippen MR) is 171 cm³/mol. The van der Waals surface area contributed by atoms with Crippen molar-refractivity contribution >= 4 is 40.5 Å². The van der Waals surface area contributed by atoms with Crippen LogP contribution in [0.15, 0.2) is 86.2 Å². The summed E-state index contributed by atoms with van der Waals surface area (Å²) in [6.45, 7) is 7.48. The van der Waals surface area contributed by atoms with Crippen molar-refractivity contribution in [3.8, 4) is 11.8 Å². The van der Waals surface area contributed by atoms with Crippen LogP contribution in [-0.4, -0.2) is 72.3 Å². The van der Waals surface area contributed by atoms with Gasteiger partial charge in [0.1, 0.15) is 22.6 Å². The van der Waals surface area contributed by atoms with Crippen molar-refractivity contribution in [2.45, 2.75) is 39.9 Å². The number of ether oxygens (including phenoxy) is 2. The van der Waals surface area contributed by atoms with Crippen molar-refractivity contribution in [1.82, 2.24) is 48.3 Å². The molecule has 0 atom stereocenters. The molecular weight excluding hydrogens is 604 g/mol. The summed E-state index contributed by atoms with van der Waals surface area (Å²) in [5.41, 5.74) is 1.69. The van der Waals surface area contributed by atoms with Gasteiger partial charge in [-0.25, -0.2) is 24.5 Å². The minimum atomic E-state index is -0.362. The third kappa shape index (κ3) is 6.95. The van der Waals surface area contributed by atoms with E-state index < -0.39 is 0 Å². The maximum absolute atomic E-state index is 12.8. The Morgan fingerprint density at radius 1 is 0.702 bits per heavy atom. The van der Waals surface area contributed by atoms with Crippen LogP contribution in [-0.2, 0) is 0 Å². The van der Waals surface area contributed by atoms with E-state index in [1.807, 2.05) is 27.7 Å². The number of hydrogen-bond acceptors (Lipinski definition) is 11. The Bertz CT molecular complexity index is 2170. The molecule has 2 N–H and O–H groups in total. The second-order valence-corrected chi connectivity index (χ2v) is 10.6. The van der Waals surface area contributed by atoms with Gasteiger partial charge in [-0.15, -0.1) is 0 Å². The molecule has 0 unspecified atom stereocenters. The number of fused-ring (bicyclic) bond motifs is 3. The Labute approximate surface area is 267 Å². The van der Waals surface area contributed by atoms with Crippen LogP contribution in [0.5, 0.6) is 11.8 Å². The number of carbonyl (C=O) groups excluding carboxylic acids is 2. The first-order valence-electron chi connectivity index (χ1n) is 14.6. The van der Waals surface area contributed by atoms with E-state index in [0.29, 0.717) is 39.8 Å². The van der Waals surface area contributed by atoms with Crippen LogP contribution in [0, 0.1) is 0 Å². The second-order valence-electron chi connectivity index (χ2n) is 10.6. The van der Waals surface area contributed by atoms with Gasteiger partial charge >= 0.3 is 0 Å². The van der Waals surface area contributed by atoms with E-state index in [2.05, 4.69) is 45.6 Å². The van der Waals surface area contributed by atoms with Gasteiger partial charge in [0.15, 0.2) is 5.65 Å². The van der Waals surface area contributed by atoms with Gasteiger partial charge in [0, 0.05) is 55.8 Å². The molecule has 7 rings (SSSR count). The minimum absolute atomic E-state index is 0.105. The van der Waals surface area contributed by atoms with E-state index in [1.165, 1.54) is 0 Å². The molecule has 0 radical (unpaired) electrons. The summed E-state index contributed by atoms with van der Waals surface area (Å²) >= 11 is 0. The first-order chi connectivity index (χ1) is 22.7. The molecule has 0 saturated carbocycles. The topological polar surface area (TPSA) is 180 Å². The van der Waals surface area contributed by atoms with Crippen LogP contribution in [0.4, 0.5) is 11.5 Å². The SMILES string of the molecule is CC(C)Oc1nc2nccn2cc1C(=O)Nc1ccccn1.CC(C)Oc1nc2nccn2cc1C(=O)Nc1cnn2cccnc12. The molecule has 0 aliphatic rings. The Balaban J connectivity index is 0.000000166. The third-order valence-electron chi connectivity index (χ3n) is 6.31. The fraction of sp³-hybridized carbons (Fsp3) is 0.194. The van der Waals surface area contributed by atoms with E-state index in [9.17, 15) is 9.59 Å². The average molecular weight is 635 g/mol. The van der Waals surface area contributed by atoms with Gasteiger partial charge in [-0.05, 0) is 45.9 Å². The number of nitrogens with zero attached hydrogens (tertiary/aromatic N) is 10. The zero-order chi connectivity index (χ0) is 32.9. The molecule has 0 bridgehead atoms. The third-order valence-corrected chi connectivity index (χ3v) is 6.31. The predicted octanol–water partition coefficient (Wildman–Crippen LogP) is 3.98. The number of anilines is 2. The van der Waals surface area contributed by atoms with Crippen LogP contribution >= 0.6 is 0 Å². The molecule has 47 heavy (non-hydrogen) atoms. The molecule has 238 valence electrons. The molecule has 16 heteroatoms. The monoisotopic (exact) mass is 634 g/mol. The van der Waals surface area contributed by atoms with Crippen LogP contribution in [0.1, 0.15) is 48.4 Å². The molecule has 0 fully saturated rings. The molecule has 16 nitrogen and oxygen atoms in total. The minimum Gasteiger partial charge on any atom is -0.474 e. The van der Waals surface area contributed by atoms with E-state index in [0.717, 1.165) is 0 Å². The standard InChI is InChI=1S/C16H15N7O2.C15H15N5O2/c1-10(2)25-15-11(9-22-7-5-18-16(22)21-15)14(24)20-12-8-19-23-6-3-4-17-13(12)23;1-10(2)22-14-11(9-20-8-7-17-15(20)19-14)13(21)18-12-5-3-4-6-16-12/h3-10H,1-2H3,(H,20,24);3-10H,1-2H3,(H,16,18,21). The Kier molecular flexibility index (Phi) is 8.63. The average Bonchev–Trinajstić information content (AvgIpc) is 3.80.